The van der Waals surface area contributed by atoms with Gasteiger partial charge in [-0.05, 0) is 6.42 Å². The molecule has 0 spiro atoms. The highest BCUT2D eigenvalue weighted by Crippen LogP contribution is 2.23. The van der Waals surface area contributed by atoms with Crippen LogP contribution in [0.4, 0.5) is 23.2 Å². The lowest BCUT2D eigenvalue weighted by atomic mass is 10.2. The van der Waals surface area contributed by atoms with Crippen molar-refractivity contribution in [2.24, 2.45) is 0 Å². The molecule has 0 aromatic carbocycles. The van der Waals surface area contributed by atoms with E-state index < -0.39 is 41.9 Å². The minimum absolute atomic E-state index is 0.206. The number of halogens is 4. The maximum Gasteiger partial charge on any atom is 0.253 e. The van der Waals surface area contributed by atoms with Crippen molar-refractivity contribution in [3.63, 3.8) is 0 Å². The Hall–Kier alpha value is -1.41. The molecular formula is C10H12F4N2O2. The summed E-state index contributed by atoms with van der Waals surface area (Å²) < 4.78 is 56.8. The van der Waals surface area contributed by atoms with Gasteiger partial charge < -0.3 is 15.2 Å². The van der Waals surface area contributed by atoms with Crippen molar-refractivity contribution in [1.82, 2.24) is 4.98 Å². The number of ether oxygens (including phenoxy) is 1. The van der Waals surface area contributed by atoms with Crippen LogP contribution in [0.15, 0.2) is 0 Å². The van der Waals surface area contributed by atoms with Crippen molar-refractivity contribution in [3.05, 3.63) is 23.5 Å². The largest absolute Gasteiger partial charge is 0.394 e. The van der Waals surface area contributed by atoms with Gasteiger partial charge in [0.1, 0.15) is 5.69 Å². The highest BCUT2D eigenvalue weighted by Gasteiger charge is 2.22. The lowest BCUT2D eigenvalue weighted by Gasteiger charge is -2.18. The molecule has 1 heterocycles. The Morgan fingerprint density at radius 3 is 2.22 bits per heavy atom. The first kappa shape index (κ1) is 14.7. The summed E-state index contributed by atoms with van der Waals surface area (Å²) in [6.07, 6.45) is 0.206. The first-order valence-corrected chi connectivity index (χ1v) is 5.07. The summed E-state index contributed by atoms with van der Waals surface area (Å²) in [5.41, 5.74) is -0.991. The van der Waals surface area contributed by atoms with Gasteiger partial charge in [0.15, 0.2) is 0 Å². The van der Waals surface area contributed by atoms with E-state index in [9.17, 15) is 17.6 Å². The molecule has 1 rings (SSSR count). The molecule has 1 aromatic rings. The summed E-state index contributed by atoms with van der Waals surface area (Å²) in [6, 6.07) is -0.796. The summed E-state index contributed by atoms with van der Waals surface area (Å²) in [6.45, 7) is -0.273. The van der Waals surface area contributed by atoms with Gasteiger partial charge in [-0.2, -0.15) is 22.5 Å². The highest BCUT2D eigenvalue weighted by molar-refractivity contribution is 5.46. The Morgan fingerprint density at radius 1 is 1.22 bits per heavy atom. The number of hydrogen-bond donors (Lipinski definition) is 2. The van der Waals surface area contributed by atoms with E-state index in [1.165, 1.54) is 7.11 Å². The molecule has 0 aliphatic rings. The third-order valence-corrected chi connectivity index (χ3v) is 2.24. The predicted molar refractivity (Wildman–Crippen MR) is 55.1 cm³/mol. The summed E-state index contributed by atoms with van der Waals surface area (Å²) in [4.78, 5) is 2.42. The van der Waals surface area contributed by atoms with E-state index in [0.29, 0.717) is 0 Å². The van der Waals surface area contributed by atoms with Gasteiger partial charge in [0.2, 0.25) is 11.6 Å². The molecule has 1 aromatic heterocycles. The van der Waals surface area contributed by atoms with Gasteiger partial charge in [-0.3, -0.25) is 0 Å². The first-order valence-electron chi connectivity index (χ1n) is 5.07. The number of anilines is 1. The zero-order chi connectivity index (χ0) is 13.7. The van der Waals surface area contributed by atoms with E-state index in [0.717, 1.165) is 0 Å². The minimum atomic E-state index is -1.75. The molecule has 2 N–H and O–H groups in total. The number of nitrogens with zero attached hydrogens (tertiary/aromatic N) is 1. The van der Waals surface area contributed by atoms with Gasteiger partial charge in [-0.25, -0.2) is 0 Å². The quantitative estimate of drug-likeness (QED) is 0.605. The lowest BCUT2D eigenvalue weighted by molar-refractivity contribution is 0.174. The lowest BCUT2D eigenvalue weighted by Crippen LogP contribution is -2.27. The van der Waals surface area contributed by atoms with Crippen LogP contribution in [-0.4, -0.2) is 36.5 Å². The van der Waals surface area contributed by atoms with E-state index in [2.05, 4.69) is 10.3 Å². The Labute approximate surface area is 101 Å². The third-order valence-electron chi connectivity index (χ3n) is 2.24. The van der Waals surface area contributed by atoms with Gasteiger partial charge in [-0.15, -0.1) is 0 Å². The zero-order valence-corrected chi connectivity index (χ0v) is 9.51. The van der Waals surface area contributed by atoms with Crippen LogP contribution in [0.3, 0.4) is 0 Å². The Morgan fingerprint density at radius 2 is 1.78 bits per heavy atom. The fourth-order valence-electron chi connectivity index (χ4n) is 1.29. The third kappa shape index (κ3) is 3.30. The number of pyridine rings is 1. The molecule has 0 aliphatic carbocycles. The molecule has 0 saturated carbocycles. The molecule has 0 radical (unpaired) electrons. The van der Waals surface area contributed by atoms with Crippen molar-refractivity contribution < 1.29 is 27.4 Å². The molecule has 102 valence electrons. The second kappa shape index (κ2) is 6.50. The summed E-state index contributed by atoms with van der Waals surface area (Å²) in [7, 11) is 1.40. The van der Waals surface area contributed by atoms with Crippen LogP contribution < -0.4 is 5.32 Å². The van der Waals surface area contributed by atoms with E-state index in [-0.39, 0.29) is 13.0 Å². The van der Waals surface area contributed by atoms with Crippen LogP contribution in [0.5, 0.6) is 0 Å². The number of aliphatic hydroxyl groups excluding tert-OH is 1. The molecule has 0 bridgehead atoms. The fourth-order valence-corrected chi connectivity index (χ4v) is 1.29. The first-order chi connectivity index (χ1) is 8.51. The monoisotopic (exact) mass is 268 g/mol. The van der Waals surface area contributed by atoms with Gasteiger partial charge in [-0.1, -0.05) is 0 Å². The maximum atomic E-state index is 13.2. The molecular weight excluding hydrogens is 256 g/mol. The second-order valence-corrected chi connectivity index (χ2v) is 3.50. The Kier molecular flexibility index (Phi) is 5.29. The predicted octanol–water partition coefficient (Wildman–Crippen LogP) is 1.45. The molecule has 0 fully saturated rings. The van der Waals surface area contributed by atoms with E-state index in [1.54, 1.807) is 0 Å². The molecule has 1 atom stereocenters. The summed E-state index contributed by atoms with van der Waals surface area (Å²) >= 11 is 0. The van der Waals surface area contributed by atoms with Crippen molar-refractivity contribution in [2.45, 2.75) is 12.5 Å². The number of rotatable bonds is 6. The normalized spacial score (nSPS) is 12.6. The highest BCUT2D eigenvalue weighted by atomic mass is 19.2. The Bertz CT molecular complexity index is 391. The zero-order valence-electron chi connectivity index (χ0n) is 9.51. The van der Waals surface area contributed by atoms with Crippen LogP contribution in [0.25, 0.3) is 0 Å². The van der Waals surface area contributed by atoms with Crippen molar-refractivity contribution in [3.8, 4) is 0 Å². The van der Waals surface area contributed by atoms with Crippen LogP contribution in [0.1, 0.15) is 6.42 Å². The Balaban J connectivity index is 2.94. The number of aliphatic hydroxyl groups is 1. The molecule has 4 nitrogen and oxygen atoms in total. The van der Waals surface area contributed by atoms with Crippen molar-refractivity contribution in [1.29, 1.82) is 0 Å². The SMILES string of the molecule is COCCC(CO)Nc1c(F)c(F)nc(F)c1F. The minimum Gasteiger partial charge on any atom is -0.394 e. The molecule has 0 saturated heterocycles. The number of methoxy groups -OCH3 is 1. The molecule has 8 heteroatoms. The number of nitrogens with one attached hydrogen (secondary N) is 1. The molecule has 1 unspecified atom stereocenters. The summed E-state index contributed by atoms with van der Waals surface area (Å²) in [5.74, 6) is -6.77. The topological polar surface area (TPSA) is 54.4 Å². The summed E-state index contributed by atoms with van der Waals surface area (Å²) in [5, 5.41) is 11.1. The van der Waals surface area contributed by atoms with E-state index >= 15 is 0 Å². The number of aromatic nitrogens is 1. The average molecular weight is 268 g/mol. The van der Waals surface area contributed by atoms with E-state index in [1.807, 2.05) is 0 Å². The van der Waals surface area contributed by atoms with Gasteiger partial charge in [0, 0.05) is 13.7 Å². The van der Waals surface area contributed by atoms with Crippen molar-refractivity contribution in [2.75, 3.05) is 25.6 Å². The van der Waals surface area contributed by atoms with Crippen LogP contribution in [-0.2, 0) is 4.74 Å². The average Bonchev–Trinajstić information content (AvgIpc) is 2.36. The van der Waals surface area contributed by atoms with Crippen LogP contribution in [0, 0.1) is 23.5 Å². The van der Waals surface area contributed by atoms with Gasteiger partial charge in [0.05, 0.1) is 12.6 Å². The van der Waals surface area contributed by atoms with Gasteiger partial charge >= 0.3 is 0 Å². The van der Waals surface area contributed by atoms with Crippen molar-refractivity contribution >= 4 is 5.69 Å². The fraction of sp³-hybridized carbons (Fsp3) is 0.500. The number of hydrogen-bond acceptors (Lipinski definition) is 4. The second-order valence-electron chi connectivity index (χ2n) is 3.50. The molecule has 0 aliphatic heterocycles. The van der Waals surface area contributed by atoms with Crippen LogP contribution >= 0.6 is 0 Å². The standard InChI is InChI=1S/C10H12F4N2O2/c1-18-3-2-5(4-17)15-8-6(11)9(13)16-10(14)7(8)12/h5,17H,2-4H2,1H3,(H,15,16). The molecule has 18 heavy (non-hydrogen) atoms. The smallest absolute Gasteiger partial charge is 0.253 e. The van der Waals surface area contributed by atoms with Gasteiger partial charge in [0.25, 0.3) is 11.9 Å². The maximum absolute atomic E-state index is 13.2. The van der Waals surface area contributed by atoms with E-state index in [4.69, 9.17) is 9.84 Å². The molecule has 0 amide bonds. The van der Waals surface area contributed by atoms with Crippen LogP contribution in [0.2, 0.25) is 0 Å².